The van der Waals surface area contributed by atoms with Crippen LogP contribution in [-0.2, 0) is 5.75 Å². The van der Waals surface area contributed by atoms with Gasteiger partial charge < -0.3 is 0 Å². The summed E-state index contributed by atoms with van der Waals surface area (Å²) in [6.45, 7) is 4.41. The smallest absolute Gasteiger partial charge is 0.0234 e. The van der Waals surface area contributed by atoms with Gasteiger partial charge in [-0.1, -0.05) is 24.3 Å². The summed E-state index contributed by atoms with van der Waals surface area (Å²) in [7, 11) is 0. The summed E-state index contributed by atoms with van der Waals surface area (Å²) in [6, 6.07) is 8.67. The molecule has 62 valence electrons. The molecule has 0 saturated heterocycles. The maximum absolute atomic E-state index is 2.22. The van der Waals surface area contributed by atoms with Gasteiger partial charge in [-0.25, -0.2) is 0 Å². The normalized spacial score (nSPS) is 16.2. The van der Waals surface area contributed by atoms with Gasteiger partial charge in [-0.3, -0.25) is 0 Å². The number of thioether (sulfide) groups is 1. The highest BCUT2D eigenvalue weighted by Gasteiger charge is 2.11. The molecule has 0 spiro atoms. The summed E-state index contributed by atoms with van der Waals surface area (Å²) in [4.78, 5) is 1.47. The molecule has 1 aliphatic heterocycles. The SMILES string of the molecule is CC1=C(C)c2ccccc2CS1. The first-order valence-corrected chi connectivity index (χ1v) is 5.16. The molecule has 0 N–H and O–H groups in total. The van der Waals surface area contributed by atoms with Crippen LogP contribution < -0.4 is 0 Å². The molecular formula is C11H12S. The Morgan fingerprint density at radius 1 is 1.17 bits per heavy atom. The van der Waals surface area contributed by atoms with Gasteiger partial charge >= 0.3 is 0 Å². The van der Waals surface area contributed by atoms with Gasteiger partial charge in [0, 0.05) is 5.75 Å². The fraction of sp³-hybridized carbons (Fsp3) is 0.273. The number of hydrogen-bond acceptors (Lipinski definition) is 1. The van der Waals surface area contributed by atoms with E-state index in [-0.39, 0.29) is 0 Å². The van der Waals surface area contributed by atoms with Gasteiger partial charge in [0.15, 0.2) is 0 Å². The molecule has 12 heavy (non-hydrogen) atoms. The molecule has 0 atom stereocenters. The Morgan fingerprint density at radius 2 is 1.92 bits per heavy atom. The van der Waals surface area contributed by atoms with Crippen molar-refractivity contribution in [2.45, 2.75) is 19.6 Å². The summed E-state index contributed by atoms with van der Waals surface area (Å²) < 4.78 is 0. The number of allylic oxidation sites excluding steroid dienone is 2. The molecule has 0 nitrogen and oxygen atoms in total. The molecule has 0 unspecified atom stereocenters. The van der Waals surface area contributed by atoms with Crippen LogP contribution in [0.2, 0.25) is 0 Å². The van der Waals surface area contributed by atoms with E-state index in [0.29, 0.717) is 0 Å². The van der Waals surface area contributed by atoms with Crippen LogP contribution in [0.5, 0.6) is 0 Å². The van der Waals surface area contributed by atoms with E-state index in [4.69, 9.17) is 0 Å². The summed E-state index contributed by atoms with van der Waals surface area (Å²) in [5.41, 5.74) is 4.36. The molecule has 1 aromatic carbocycles. The first-order chi connectivity index (χ1) is 5.79. The largest absolute Gasteiger partial charge is 0.126 e. The lowest BCUT2D eigenvalue weighted by Gasteiger charge is -2.17. The van der Waals surface area contributed by atoms with Crippen molar-refractivity contribution in [3.05, 3.63) is 40.3 Å². The second-order valence-electron chi connectivity index (χ2n) is 3.13. The highest BCUT2D eigenvalue weighted by molar-refractivity contribution is 8.02. The molecule has 0 fully saturated rings. The molecule has 1 aliphatic rings. The van der Waals surface area contributed by atoms with E-state index in [1.54, 1.807) is 0 Å². The van der Waals surface area contributed by atoms with Crippen molar-refractivity contribution >= 4 is 17.3 Å². The third-order valence-electron chi connectivity index (χ3n) is 2.39. The predicted octanol–water partition coefficient (Wildman–Crippen LogP) is 3.68. The molecule has 0 aliphatic carbocycles. The van der Waals surface area contributed by atoms with Crippen molar-refractivity contribution in [3.8, 4) is 0 Å². The Balaban J connectivity index is 2.59. The second kappa shape index (κ2) is 2.98. The average Bonchev–Trinajstić information content (AvgIpc) is 2.12. The monoisotopic (exact) mass is 176 g/mol. The lowest BCUT2D eigenvalue weighted by molar-refractivity contribution is 1.34. The van der Waals surface area contributed by atoms with E-state index >= 15 is 0 Å². The quantitative estimate of drug-likeness (QED) is 0.581. The van der Waals surface area contributed by atoms with E-state index in [1.165, 1.54) is 21.6 Å². The molecular weight excluding hydrogens is 164 g/mol. The lowest BCUT2D eigenvalue weighted by atomic mass is 10.0. The van der Waals surface area contributed by atoms with Crippen molar-refractivity contribution in [1.82, 2.24) is 0 Å². The molecule has 1 heterocycles. The topological polar surface area (TPSA) is 0 Å². The van der Waals surface area contributed by atoms with Crippen molar-refractivity contribution < 1.29 is 0 Å². The van der Waals surface area contributed by atoms with Gasteiger partial charge in [-0.05, 0) is 35.5 Å². The minimum absolute atomic E-state index is 1.14. The van der Waals surface area contributed by atoms with Gasteiger partial charge in [0.2, 0.25) is 0 Å². The van der Waals surface area contributed by atoms with Gasteiger partial charge in [-0.2, -0.15) is 0 Å². The van der Waals surface area contributed by atoms with Crippen LogP contribution in [0.15, 0.2) is 29.2 Å². The molecule has 0 radical (unpaired) electrons. The van der Waals surface area contributed by atoms with Crippen molar-refractivity contribution in [3.63, 3.8) is 0 Å². The van der Waals surface area contributed by atoms with Crippen LogP contribution in [0.1, 0.15) is 25.0 Å². The highest BCUT2D eigenvalue weighted by Crippen LogP contribution is 2.36. The molecule has 0 bridgehead atoms. The molecule has 1 aromatic rings. The predicted molar refractivity (Wildman–Crippen MR) is 56.0 cm³/mol. The minimum atomic E-state index is 1.14. The Hall–Kier alpha value is -0.690. The maximum atomic E-state index is 2.22. The zero-order chi connectivity index (χ0) is 8.55. The number of benzene rings is 1. The number of hydrogen-bond donors (Lipinski definition) is 0. The summed E-state index contributed by atoms with van der Waals surface area (Å²) in [5.74, 6) is 1.14. The van der Waals surface area contributed by atoms with E-state index in [1.807, 2.05) is 11.8 Å². The molecule has 1 heteroatoms. The zero-order valence-electron chi connectivity index (χ0n) is 7.42. The minimum Gasteiger partial charge on any atom is -0.126 e. The van der Waals surface area contributed by atoms with Crippen LogP contribution in [0.3, 0.4) is 0 Å². The average molecular weight is 176 g/mol. The van der Waals surface area contributed by atoms with Crippen molar-refractivity contribution in [1.29, 1.82) is 0 Å². The number of fused-ring (bicyclic) bond motifs is 1. The molecule has 0 aromatic heterocycles. The highest BCUT2D eigenvalue weighted by atomic mass is 32.2. The summed E-state index contributed by atoms with van der Waals surface area (Å²) >= 11 is 1.95. The van der Waals surface area contributed by atoms with E-state index in [2.05, 4.69) is 38.1 Å². The van der Waals surface area contributed by atoms with Gasteiger partial charge in [0.05, 0.1) is 0 Å². The van der Waals surface area contributed by atoms with Crippen LogP contribution in [0.4, 0.5) is 0 Å². The third kappa shape index (κ3) is 1.18. The Bertz CT molecular complexity index is 337. The standard InChI is InChI=1S/C11H12S/c1-8-9(2)12-7-10-5-3-4-6-11(8)10/h3-6H,7H2,1-2H3. The summed E-state index contributed by atoms with van der Waals surface area (Å²) in [5, 5.41) is 0. The Labute approximate surface area is 77.7 Å². The van der Waals surface area contributed by atoms with Crippen LogP contribution >= 0.6 is 11.8 Å². The molecule has 0 saturated carbocycles. The fourth-order valence-corrected chi connectivity index (χ4v) is 2.45. The van der Waals surface area contributed by atoms with Gasteiger partial charge in [-0.15, -0.1) is 11.8 Å². The van der Waals surface area contributed by atoms with Crippen LogP contribution in [0, 0.1) is 0 Å². The first-order valence-electron chi connectivity index (χ1n) is 4.17. The van der Waals surface area contributed by atoms with Crippen LogP contribution in [0.25, 0.3) is 5.57 Å². The second-order valence-corrected chi connectivity index (χ2v) is 4.32. The zero-order valence-corrected chi connectivity index (χ0v) is 8.24. The maximum Gasteiger partial charge on any atom is 0.0234 e. The van der Waals surface area contributed by atoms with Gasteiger partial charge in [0.25, 0.3) is 0 Å². The Kier molecular flexibility index (Phi) is 1.97. The first kappa shape index (κ1) is 7.93. The lowest BCUT2D eigenvalue weighted by Crippen LogP contribution is -1.96. The fourth-order valence-electron chi connectivity index (χ4n) is 1.50. The van der Waals surface area contributed by atoms with E-state index < -0.39 is 0 Å². The van der Waals surface area contributed by atoms with Crippen molar-refractivity contribution in [2.24, 2.45) is 0 Å². The molecule has 0 amide bonds. The van der Waals surface area contributed by atoms with Crippen molar-refractivity contribution in [2.75, 3.05) is 0 Å². The molecule has 2 rings (SSSR count). The van der Waals surface area contributed by atoms with Gasteiger partial charge in [0.1, 0.15) is 0 Å². The van der Waals surface area contributed by atoms with Crippen LogP contribution in [-0.4, -0.2) is 0 Å². The third-order valence-corrected chi connectivity index (χ3v) is 3.59. The summed E-state index contributed by atoms with van der Waals surface area (Å²) in [6.07, 6.45) is 0. The van der Waals surface area contributed by atoms with E-state index in [9.17, 15) is 0 Å². The number of rotatable bonds is 0. The van der Waals surface area contributed by atoms with E-state index in [0.717, 1.165) is 5.75 Å². The Morgan fingerprint density at radius 3 is 2.75 bits per heavy atom.